The highest BCUT2D eigenvalue weighted by molar-refractivity contribution is 9.10. The van der Waals surface area contributed by atoms with Crippen LogP contribution in [0, 0.1) is 12.3 Å². The number of para-hydroxylation sites is 1. The molecule has 5 rings (SSSR count). The van der Waals surface area contributed by atoms with Gasteiger partial charge in [-0.2, -0.15) is 0 Å². The molecule has 1 aromatic heterocycles. The summed E-state index contributed by atoms with van der Waals surface area (Å²) in [5, 5.41) is 0.523. The Labute approximate surface area is 268 Å². The Balaban J connectivity index is 1.63. The van der Waals surface area contributed by atoms with Crippen LogP contribution in [0.4, 0.5) is 0 Å². The molecule has 0 radical (unpaired) electrons. The smallest absolute Gasteiger partial charge is 0.338 e. The minimum absolute atomic E-state index is 0.000496. The van der Waals surface area contributed by atoms with E-state index in [1.54, 1.807) is 66.7 Å². The fourth-order valence-electron chi connectivity index (χ4n) is 5.41. The van der Waals surface area contributed by atoms with Crippen LogP contribution < -0.4 is 0 Å². The van der Waals surface area contributed by atoms with E-state index in [0.29, 0.717) is 10.9 Å². The van der Waals surface area contributed by atoms with Gasteiger partial charge in [0.1, 0.15) is 19.3 Å². The molecular weight excluding hydrogens is 666 g/mol. The molecule has 0 bridgehead atoms. The molecule has 0 unspecified atom stereocenters. The molecule has 4 aromatic rings. The first-order valence-electron chi connectivity index (χ1n) is 13.9. The first-order chi connectivity index (χ1) is 21.5. The zero-order chi connectivity index (χ0) is 32.4. The van der Waals surface area contributed by atoms with Crippen molar-refractivity contribution in [2.45, 2.75) is 30.4 Å². The fraction of sp³-hybridized carbons (Fsp3) is 0.242. The molecule has 3 atom stereocenters. The van der Waals surface area contributed by atoms with Gasteiger partial charge < -0.3 is 18.9 Å². The number of halogens is 1. The number of fused-ring (bicyclic) bond motifs is 1. The molecule has 12 heteroatoms. The summed E-state index contributed by atoms with van der Waals surface area (Å²) in [5.74, 6) is -2.64. The summed E-state index contributed by atoms with van der Waals surface area (Å²) in [6.45, 7) is 4.84. The number of ether oxygens (including phenoxy) is 4. The molecule has 234 valence electrons. The van der Waals surface area contributed by atoms with Crippen LogP contribution in [-0.4, -0.2) is 56.7 Å². The van der Waals surface area contributed by atoms with Crippen LogP contribution in [0.1, 0.15) is 34.1 Å². The third-order valence-corrected chi connectivity index (χ3v) is 9.86. The van der Waals surface area contributed by atoms with Crippen molar-refractivity contribution in [3.05, 3.63) is 113 Å². The van der Waals surface area contributed by atoms with Gasteiger partial charge in [-0.3, -0.25) is 9.59 Å². The van der Waals surface area contributed by atoms with E-state index in [2.05, 4.69) is 22.5 Å². The van der Waals surface area contributed by atoms with Crippen molar-refractivity contribution in [3.63, 3.8) is 0 Å². The topological polar surface area (TPSA) is 127 Å². The van der Waals surface area contributed by atoms with Crippen LogP contribution in [0.25, 0.3) is 10.9 Å². The molecule has 2 heterocycles. The van der Waals surface area contributed by atoms with E-state index in [1.165, 1.54) is 18.2 Å². The van der Waals surface area contributed by atoms with E-state index >= 15 is 0 Å². The quantitative estimate of drug-likeness (QED) is 0.0911. The standard InChI is InChI=1S/C33H30BrNO9S/c1-4-17-42-32(38)33(31(37)41-3)19-25(20-43-30(36)22-11-13-24(34)14-12-22)44-29(33)28-18-23-7-5-6-8-27(23)35(28)45(39,40)26-15-9-21(2)10-16-26/h4-16,18,25,29H,1,17,19-20H2,2-3H3/t25-,29-,33-/m1/s1. The number of carbonyl (C=O) groups is 3. The monoisotopic (exact) mass is 695 g/mol. The molecule has 1 saturated heterocycles. The average molecular weight is 697 g/mol. The lowest BCUT2D eigenvalue weighted by Crippen LogP contribution is -2.45. The van der Waals surface area contributed by atoms with Crippen LogP contribution in [0.3, 0.4) is 0 Å². The van der Waals surface area contributed by atoms with Gasteiger partial charge in [-0.25, -0.2) is 17.2 Å². The van der Waals surface area contributed by atoms with E-state index in [9.17, 15) is 22.8 Å². The van der Waals surface area contributed by atoms with E-state index in [4.69, 9.17) is 18.9 Å². The maximum atomic E-state index is 14.3. The largest absolute Gasteiger partial charge is 0.468 e. The molecule has 3 aromatic carbocycles. The Bertz CT molecular complexity index is 1870. The number of rotatable bonds is 10. The van der Waals surface area contributed by atoms with Crippen molar-refractivity contribution in [1.29, 1.82) is 0 Å². The zero-order valence-electron chi connectivity index (χ0n) is 24.5. The molecule has 0 N–H and O–H groups in total. The zero-order valence-corrected chi connectivity index (χ0v) is 26.9. The van der Waals surface area contributed by atoms with Crippen LogP contribution in [0.5, 0.6) is 0 Å². The van der Waals surface area contributed by atoms with E-state index < -0.39 is 45.6 Å². The summed E-state index contributed by atoms with van der Waals surface area (Å²) < 4.78 is 52.7. The van der Waals surface area contributed by atoms with Crippen molar-refractivity contribution in [3.8, 4) is 0 Å². The van der Waals surface area contributed by atoms with Crippen LogP contribution in [0.2, 0.25) is 0 Å². The van der Waals surface area contributed by atoms with Crippen molar-refractivity contribution in [1.82, 2.24) is 3.97 Å². The van der Waals surface area contributed by atoms with E-state index in [1.807, 2.05) is 6.92 Å². The number of carbonyl (C=O) groups excluding carboxylic acids is 3. The third kappa shape index (κ3) is 6.05. The molecule has 0 aliphatic carbocycles. The average Bonchev–Trinajstić information content (AvgIpc) is 3.62. The highest BCUT2D eigenvalue weighted by Gasteiger charge is 2.63. The lowest BCUT2D eigenvalue weighted by molar-refractivity contribution is -0.175. The van der Waals surface area contributed by atoms with Gasteiger partial charge in [-0.15, -0.1) is 0 Å². The Hall–Kier alpha value is -4.26. The van der Waals surface area contributed by atoms with Gasteiger partial charge >= 0.3 is 17.9 Å². The van der Waals surface area contributed by atoms with Gasteiger partial charge in [-0.05, 0) is 55.5 Å². The SMILES string of the molecule is C=CCOC(=O)[C@]1(C(=O)OC)C[C@H](COC(=O)c2ccc(Br)cc2)O[C@@H]1c1cc2ccccc2n1S(=O)(=O)c1ccc(C)cc1. The van der Waals surface area contributed by atoms with E-state index in [-0.39, 0.29) is 35.8 Å². The summed E-state index contributed by atoms with van der Waals surface area (Å²) in [6.07, 6.45) is -1.51. The van der Waals surface area contributed by atoms with Crippen molar-refractivity contribution in [2.24, 2.45) is 5.41 Å². The second kappa shape index (κ2) is 13.0. The number of methoxy groups -OCH3 is 1. The molecule has 10 nitrogen and oxygen atoms in total. The Morgan fingerprint density at radius 1 is 1.02 bits per heavy atom. The Kier molecular flexibility index (Phi) is 9.28. The van der Waals surface area contributed by atoms with Gasteiger partial charge in [0.25, 0.3) is 10.0 Å². The Morgan fingerprint density at radius 2 is 1.71 bits per heavy atom. The number of aromatic nitrogens is 1. The highest BCUT2D eigenvalue weighted by atomic mass is 79.9. The van der Waals surface area contributed by atoms with Crippen LogP contribution in [0.15, 0.2) is 101 Å². The molecule has 45 heavy (non-hydrogen) atoms. The third-order valence-electron chi connectivity index (χ3n) is 7.57. The number of hydrogen-bond acceptors (Lipinski definition) is 9. The summed E-state index contributed by atoms with van der Waals surface area (Å²) >= 11 is 3.32. The molecule has 0 saturated carbocycles. The van der Waals surface area contributed by atoms with Gasteiger partial charge in [-0.1, -0.05) is 64.5 Å². The number of esters is 3. The minimum Gasteiger partial charge on any atom is -0.468 e. The van der Waals surface area contributed by atoms with Gasteiger partial charge in [0, 0.05) is 16.3 Å². The molecule has 1 fully saturated rings. The van der Waals surface area contributed by atoms with Gasteiger partial charge in [0.15, 0.2) is 5.41 Å². The van der Waals surface area contributed by atoms with Crippen LogP contribution in [-0.2, 0) is 38.6 Å². The lowest BCUT2D eigenvalue weighted by atomic mass is 9.78. The van der Waals surface area contributed by atoms with Crippen molar-refractivity contribution in [2.75, 3.05) is 20.3 Å². The number of nitrogens with zero attached hydrogens (tertiary/aromatic N) is 1. The van der Waals surface area contributed by atoms with Gasteiger partial charge in [0.05, 0.1) is 34.9 Å². The molecule has 0 spiro atoms. The summed E-state index contributed by atoms with van der Waals surface area (Å²) in [4.78, 5) is 40.3. The Morgan fingerprint density at radius 3 is 2.38 bits per heavy atom. The second-order valence-electron chi connectivity index (χ2n) is 10.5. The fourth-order valence-corrected chi connectivity index (χ4v) is 7.21. The molecule has 1 aliphatic rings. The predicted molar refractivity (Wildman–Crippen MR) is 168 cm³/mol. The van der Waals surface area contributed by atoms with E-state index in [0.717, 1.165) is 21.1 Å². The van der Waals surface area contributed by atoms with Crippen molar-refractivity contribution < 1.29 is 41.7 Å². The first kappa shape index (κ1) is 32.1. The number of hydrogen-bond donors (Lipinski definition) is 0. The van der Waals surface area contributed by atoms with Gasteiger partial charge in [0.2, 0.25) is 0 Å². The normalized spacial score (nSPS) is 19.6. The first-order valence-corrected chi connectivity index (χ1v) is 16.1. The molecular formula is C33H30BrNO9S. The molecule has 1 aliphatic heterocycles. The maximum absolute atomic E-state index is 14.3. The molecule has 0 amide bonds. The second-order valence-corrected chi connectivity index (χ2v) is 13.2. The van der Waals surface area contributed by atoms with Crippen LogP contribution >= 0.6 is 15.9 Å². The summed E-state index contributed by atoms with van der Waals surface area (Å²) in [6, 6.07) is 21.1. The number of aryl methyl sites for hydroxylation is 1. The summed E-state index contributed by atoms with van der Waals surface area (Å²) in [7, 11) is -3.18. The highest BCUT2D eigenvalue weighted by Crippen LogP contribution is 2.51. The minimum atomic E-state index is -4.29. The van der Waals surface area contributed by atoms with Crippen molar-refractivity contribution >= 4 is 54.8 Å². The lowest BCUT2D eigenvalue weighted by Gasteiger charge is -2.29. The summed E-state index contributed by atoms with van der Waals surface area (Å²) in [5.41, 5.74) is -0.705. The predicted octanol–water partition coefficient (Wildman–Crippen LogP) is 5.52. The number of benzene rings is 3. The maximum Gasteiger partial charge on any atom is 0.338 e.